The van der Waals surface area contributed by atoms with Crippen molar-refractivity contribution in [1.82, 2.24) is 5.32 Å². The van der Waals surface area contributed by atoms with Crippen molar-refractivity contribution < 1.29 is 4.79 Å². The van der Waals surface area contributed by atoms with E-state index in [0.717, 1.165) is 27.7 Å². The molecule has 1 aromatic rings. The van der Waals surface area contributed by atoms with Gasteiger partial charge in [-0.1, -0.05) is 45.2 Å². The summed E-state index contributed by atoms with van der Waals surface area (Å²) in [6.07, 6.45) is 4.81. The Kier molecular flexibility index (Phi) is 7.42. The summed E-state index contributed by atoms with van der Waals surface area (Å²) in [4.78, 5) is 12.2. The predicted molar refractivity (Wildman–Crippen MR) is 89.5 cm³/mol. The second kappa shape index (κ2) is 8.56. The van der Waals surface area contributed by atoms with Crippen molar-refractivity contribution in [3.63, 3.8) is 0 Å². The van der Waals surface area contributed by atoms with Crippen LogP contribution in [0.1, 0.15) is 55.5 Å². The van der Waals surface area contributed by atoms with Crippen molar-refractivity contribution in [2.75, 3.05) is 6.54 Å². The first-order chi connectivity index (χ1) is 9.10. The van der Waals surface area contributed by atoms with Crippen LogP contribution in [0.25, 0.3) is 0 Å². The highest BCUT2D eigenvalue weighted by Crippen LogP contribution is 2.17. The molecule has 0 saturated heterocycles. The maximum atomic E-state index is 12.2. The maximum Gasteiger partial charge on any atom is 0.252 e. The molecule has 19 heavy (non-hydrogen) atoms. The summed E-state index contributed by atoms with van der Waals surface area (Å²) in [6.45, 7) is 7.23. The lowest BCUT2D eigenvalue weighted by Gasteiger charge is -2.16. The average Bonchev–Trinajstić information content (AvgIpc) is 2.42. The molecule has 1 amide bonds. The van der Waals surface area contributed by atoms with Crippen LogP contribution < -0.4 is 5.32 Å². The number of benzene rings is 1. The third-order valence-corrected chi connectivity index (χ3v) is 4.96. The fraction of sp³-hybridized carbons (Fsp3) is 0.562. The smallest absolute Gasteiger partial charge is 0.252 e. The minimum Gasteiger partial charge on any atom is -0.352 e. The zero-order chi connectivity index (χ0) is 14.3. The number of hydrogen-bond acceptors (Lipinski definition) is 1. The van der Waals surface area contributed by atoms with Gasteiger partial charge in [0, 0.05) is 10.1 Å². The minimum atomic E-state index is 0.0584. The number of unbranched alkanes of at least 4 members (excludes halogenated alkanes) is 1. The van der Waals surface area contributed by atoms with Gasteiger partial charge < -0.3 is 5.32 Å². The minimum absolute atomic E-state index is 0.0584. The Morgan fingerprint density at radius 3 is 2.74 bits per heavy atom. The van der Waals surface area contributed by atoms with Gasteiger partial charge in [0.2, 0.25) is 0 Å². The fourth-order valence-corrected chi connectivity index (χ4v) is 2.70. The number of rotatable bonds is 7. The van der Waals surface area contributed by atoms with Crippen LogP contribution in [-0.2, 0) is 0 Å². The van der Waals surface area contributed by atoms with Gasteiger partial charge in [0.15, 0.2) is 0 Å². The first-order valence-electron chi connectivity index (χ1n) is 7.13. The van der Waals surface area contributed by atoms with Gasteiger partial charge >= 0.3 is 0 Å². The van der Waals surface area contributed by atoms with E-state index in [0.29, 0.717) is 5.92 Å². The molecule has 2 nitrogen and oxygen atoms in total. The van der Waals surface area contributed by atoms with Crippen LogP contribution in [0.3, 0.4) is 0 Å². The lowest BCUT2D eigenvalue weighted by molar-refractivity contribution is 0.0945. The number of nitrogens with one attached hydrogen (secondary N) is 1. The molecule has 0 aliphatic carbocycles. The first-order valence-corrected chi connectivity index (χ1v) is 8.21. The van der Waals surface area contributed by atoms with E-state index < -0.39 is 0 Å². The standard InChI is InChI=1S/C16H24INO/c1-4-6-9-13(5-2)11-18-16(19)14-10-7-8-12(3)15(14)17/h7-8,10,13H,4-6,9,11H2,1-3H3,(H,18,19). The summed E-state index contributed by atoms with van der Waals surface area (Å²) >= 11 is 2.25. The Morgan fingerprint density at radius 2 is 2.11 bits per heavy atom. The Balaban J connectivity index is 2.57. The zero-order valence-electron chi connectivity index (χ0n) is 12.1. The molecule has 0 aliphatic heterocycles. The Labute approximate surface area is 130 Å². The van der Waals surface area contributed by atoms with E-state index in [1.165, 1.54) is 19.3 Å². The van der Waals surface area contributed by atoms with Crippen LogP contribution in [0.4, 0.5) is 0 Å². The van der Waals surface area contributed by atoms with Crippen molar-refractivity contribution in [3.05, 3.63) is 32.9 Å². The molecule has 0 aromatic heterocycles. The van der Waals surface area contributed by atoms with Gasteiger partial charge in [0.25, 0.3) is 5.91 Å². The molecule has 0 saturated carbocycles. The molecule has 0 bridgehead atoms. The lowest BCUT2D eigenvalue weighted by Crippen LogP contribution is -2.29. The second-order valence-corrected chi connectivity index (χ2v) is 6.14. The van der Waals surface area contributed by atoms with Crippen LogP contribution in [0.15, 0.2) is 18.2 Å². The van der Waals surface area contributed by atoms with Crippen LogP contribution in [0.5, 0.6) is 0 Å². The first kappa shape index (κ1) is 16.5. The number of hydrogen-bond donors (Lipinski definition) is 1. The van der Waals surface area contributed by atoms with E-state index >= 15 is 0 Å². The van der Waals surface area contributed by atoms with Crippen LogP contribution in [-0.4, -0.2) is 12.5 Å². The molecule has 1 aromatic carbocycles. The molecule has 0 spiro atoms. The molecule has 1 atom stereocenters. The molecule has 106 valence electrons. The van der Waals surface area contributed by atoms with E-state index in [2.05, 4.69) is 41.8 Å². The number of carbonyl (C=O) groups is 1. The third-order valence-electron chi connectivity index (χ3n) is 3.53. The molecular formula is C16H24INO. The van der Waals surface area contributed by atoms with Gasteiger partial charge in [-0.15, -0.1) is 0 Å². The van der Waals surface area contributed by atoms with Crippen LogP contribution >= 0.6 is 22.6 Å². The molecule has 3 heteroatoms. The lowest BCUT2D eigenvalue weighted by atomic mass is 9.99. The SMILES string of the molecule is CCCCC(CC)CNC(=O)c1cccc(C)c1I. The van der Waals surface area contributed by atoms with Gasteiger partial charge in [-0.3, -0.25) is 4.79 Å². The van der Waals surface area contributed by atoms with Crippen LogP contribution in [0.2, 0.25) is 0 Å². The van der Waals surface area contributed by atoms with Crippen molar-refractivity contribution in [3.8, 4) is 0 Å². The normalized spacial score (nSPS) is 12.2. The van der Waals surface area contributed by atoms with Crippen molar-refractivity contribution in [2.45, 2.75) is 46.5 Å². The summed E-state index contributed by atoms with van der Waals surface area (Å²) < 4.78 is 1.05. The van der Waals surface area contributed by atoms with Crippen LogP contribution in [0, 0.1) is 16.4 Å². The van der Waals surface area contributed by atoms with E-state index in [4.69, 9.17) is 0 Å². The van der Waals surface area contributed by atoms with Gasteiger partial charge in [-0.2, -0.15) is 0 Å². The predicted octanol–water partition coefficient (Wildman–Crippen LogP) is 4.55. The zero-order valence-corrected chi connectivity index (χ0v) is 14.3. The largest absolute Gasteiger partial charge is 0.352 e. The number of amides is 1. The highest BCUT2D eigenvalue weighted by molar-refractivity contribution is 14.1. The monoisotopic (exact) mass is 373 g/mol. The quantitative estimate of drug-likeness (QED) is 0.699. The van der Waals surface area contributed by atoms with Gasteiger partial charge in [-0.25, -0.2) is 0 Å². The van der Waals surface area contributed by atoms with E-state index in [9.17, 15) is 4.79 Å². The van der Waals surface area contributed by atoms with E-state index in [1.54, 1.807) is 0 Å². The molecule has 0 heterocycles. The molecule has 0 radical (unpaired) electrons. The van der Waals surface area contributed by atoms with E-state index in [-0.39, 0.29) is 5.91 Å². The average molecular weight is 373 g/mol. The highest BCUT2D eigenvalue weighted by atomic mass is 127. The Hall–Kier alpha value is -0.580. The summed E-state index contributed by atoms with van der Waals surface area (Å²) in [5, 5.41) is 3.08. The Bertz CT molecular complexity index is 417. The summed E-state index contributed by atoms with van der Waals surface area (Å²) in [6, 6.07) is 5.88. The molecule has 1 N–H and O–H groups in total. The number of carbonyl (C=O) groups excluding carboxylic acids is 1. The molecule has 0 aliphatic rings. The molecule has 1 unspecified atom stereocenters. The molecular weight excluding hydrogens is 349 g/mol. The van der Waals surface area contributed by atoms with Gasteiger partial charge in [0.05, 0.1) is 5.56 Å². The molecule has 0 fully saturated rings. The molecule has 1 rings (SSSR count). The summed E-state index contributed by atoms with van der Waals surface area (Å²) in [7, 11) is 0. The third kappa shape index (κ3) is 5.13. The highest BCUT2D eigenvalue weighted by Gasteiger charge is 2.13. The second-order valence-electron chi connectivity index (χ2n) is 5.06. The Morgan fingerprint density at radius 1 is 1.37 bits per heavy atom. The number of aryl methyl sites for hydroxylation is 1. The van der Waals surface area contributed by atoms with Crippen molar-refractivity contribution in [2.24, 2.45) is 5.92 Å². The van der Waals surface area contributed by atoms with Crippen molar-refractivity contribution in [1.29, 1.82) is 0 Å². The summed E-state index contributed by atoms with van der Waals surface area (Å²) in [5.74, 6) is 0.661. The number of halogens is 1. The van der Waals surface area contributed by atoms with Gasteiger partial charge in [0.1, 0.15) is 0 Å². The van der Waals surface area contributed by atoms with Gasteiger partial charge in [-0.05, 0) is 53.5 Å². The maximum absolute atomic E-state index is 12.2. The van der Waals surface area contributed by atoms with E-state index in [1.807, 2.05) is 25.1 Å². The topological polar surface area (TPSA) is 29.1 Å². The summed E-state index contributed by atoms with van der Waals surface area (Å²) in [5.41, 5.74) is 1.96. The fourth-order valence-electron chi connectivity index (χ4n) is 2.10. The van der Waals surface area contributed by atoms with Crippen molar-refractivity contribution >= 4 is 28.5 Å².